The Morgan fingerprint density at radius 3 is 2.62 bits per heavy atom. The molecule has 0 saturated carbocycles. The van der Waals surface area contributed by atoms with Gasteiger partial charge in [-0.1, -0.05) is 20.8 Å². The first-order valence-electron chi connectivity index (χ1n) is 8.30. The summed E-state index contributed by atoms with van der Waals surface area (Å²) < 4.78 is 2.14. The minimum Gasteiger partial charge on any atom is -0.300 e. The Labute approximate surface area is 129 Å². The van der Waals surface area contributed by atoms with Crippen molar-refractivity contribution in [3.63, 3.8) is 0 Å². The molecule has 0 amide bonds. The fraction of sp³-hybridized carbons (Fsp3) is 0.765. The maximum Gasteiger partial charge on any atom is 0.103 e. The van der Waals surface area contributed by atoms with Gasteiger partial charge in [0.15, 0.2) is 0 Å². The fourth-order valence-corrected chi connectivity index (χ4v) is 2.49. The molecule has 118 valence electrons. The predicted molar refractivity (Wildman–Crippen MR) is 87.1 cm³/mol. The highest BCUT2D eigenvalue weighted by atomic mass is 15.3. The molecule has 21 heavy (non-hydrogen) atoms. The maximum atomic E-state index is 9.32. The third kappa shape index (κ3) is 5.51. The number of hydrogen-bond donors (Lipinski definition) is 1. The molecule has 0 aliphatic carbocycles. The smallest absolute Gasteiger partial charge is 0.103 e. The molecule has 1 unspecified atom stereocenters. The van der Waals surface area contributed by atoms with Gasteiger partial charge in [0.25, 0.3) is 0 Å². The Hall–Kier alpha value is -1.34. The number of nitriles is 1. The molecule has 0 spiro atoms. The van der Waals surface area contributed by atoms with Gasteiger partial charge >= 0.3 is 0 Å². The van der Waals surface area contributed by atoms with Gasteiger partial charge in [-0.05, 0) is 58.1 Å². The Bertz CT molecular complexity index is 458. The zero-order chi connectivity index (χ0) is 15.7. The molecule has 0 saturated heterocycles. The highest BCUT2D eigenvalue weighted by Crippen LogP contribution is 2.14. The van der Waals surface area contributed by atoms with Crippen LogP contribution in [0.4, 0.5) is 0 Å². The standard InChI is InChI=1S/C17H30N4/c1-5-11-19-17(4,14-18)10-8-9-12-21-16(7-3)13-15(6-2)20-21/h13,19H,5-12H2,1-4H3. The van der Waals surface area contributed by atoms with Gasteiger partial charge in [0, 0.05) is 12.2 Å². The normalized spacial score (nSPS) is 13.9. The van der Waals surface area contributed by atoms with Gasteiger partial charge in [-0.3, -0.25) is 10.00 Å². The summed E-state index contributed by atoms with van der Waals surface area (Å²) in [5, 5.41) is 17.3. The van der Waals surface area contributed by atoms with E-state index in [0.29, 0.717) is 0 Å². The molecule has 0 radical (unpaired) electrons. The second-order valence-corrected chi connectivity index (χ2v) is 5.89. The van der Waals surface area contributed by atoms with Crippen LogP contribution in [-0.2, 0) is 19.4 Å². The SMILES string of the molecule is CCCNC(C)(C#N)CCCCn1nc(CC)cc1CC. The lowest BCUT2D eigenvalue weighted by molar-refractivity contribution is 0.391. The van der Waals surface area contributed by atoms with Crippen molar-refractivity contribution in [1.29, 1.82) is 5.26 Å². The molecule has 1 N–H and O–H groups in total. The molecule has 1 aromatic rings. The molecule has 1 atom stereocenters. The van der Waals surface area contributed by atoms with Crippen LogP contribution in [0.3, 0.4) is 0 Å². The van der Waals surface area contributed by atoms with Crippen molar-refractivity contribution in [2.45, 2.75) is 78.3 Å². The molecule has 0 aliphatic rings. The first-order valence-corrected chi connectivity index (χ1v) is 8.30. The molecular formula is C17H30N4. The predicted octanol–water partition coefficient (Wildman–Crippen LogP) is 3.46. The lowest BCUT2D eigenvalue weighted by Crippen LogP contribution is -2.41. The summed E-state index contributed by atoms with van der Waals surface area (Å²) in [6.45, 7) is 10.3. The van der Waals surface area contributed by atoms with Crippen LogP contribution in [0.15, 0.2) is 6.07 Å². The van der Waals surface area contributed by atoms with Crippen LogP contribution in [0.2, 0.25) is 0 Å². The second-order valence-electron chi connectivity index (χ2n) is 5.89. The topological polar surface area (TPSA) is 53.6 Å². The number of aromatic nitrogens is 2. The van der Waals surface area contributed by atoms with Gasteiger partial charge < -0.3 is 0 Å². The zero-order valence-electron chi connectivity index (χ0n) is 14.1. The van der Waals surface area contributed by atoms with Crippen LogP contribution in [0.1, 0.15) is 64.8 Å². The Kier molecular flexibility index (Phi) is 7.45. The fourth-order valence-electron chi connectivity index (χ4n) is 2.49. The number of rotatable bonds is 10. The molecular weight excluding hydrogens is 260 g/mol. The Morgan fingerprint density at radius 1 is 1.29 bits per heavy atom. The molecule has 0 bridgehead atoms. The first-order chi connectivity index (χ1) is 10.1. The number of nitrogens with zero attached hydrogens (tertiary/aromatic N) is 3. The quantitative estimate of drug-likeness (QED) is 0.671. The van der Waals surface area contributed by atoms with Crippen molar-refractivity contribution in [1.82, 2.24) is 15.1 Å². The van der Waals surface area contributed by atoms with E-state index in [0.717, 1.165) is 51.6 Å². The molecule has 1 aromatic heterocycles. The van der Waals surface area contributed by atoms with Crippen molar-refractivity contribution in [2.24, 2.45) is 0 Å². The number of nitrogens with one attached hydrogen (secondary N) is 1. The average Bonchev–Trinajstić information content (AvgIpc) is 2.92. The summed E-state index contributed by atoms with van der Waals surface area (Å²) in [6.07, 6.45) is 6.10. The lowest BCUT2D eigenvalue weighted by atomic mass is 9.96. The Balaban J connectivity index is 2.43. The third-order valence-electron chi connectivity index (χ3n) is 3.95. The molecule has 1 heterocycles. The monoisotopic (exact) mass is 290 g/mol. The number of aryl methyl sites for hydroxylation is 3. The van der Waals surface area contributed by atoms with E-state index < -0.39 is 0 Å². The van der Waals surface area contributed by atoms with Crippen LogP contribution in [0, 0.1) is 11.3 Å². The largest absolute Gasteiger partial charge is 0.300 e. The maximum absolute atomic E-state index is 9.32. The van der Waals surface area contributed by atoms with Crippen molar-refractivity contribution >= 4 is 0 Å². The molecule has 0 aromatic carbocycles. The van der Waals surface area contributed by atoms with E-state index in [1.165, 1.54) is 11.4 Å². The molecule has 4 heteroatoms. The van der Waals surface area contributed by atoms with Crippen LogP contribution in [0.25, 0.3) is 0 Å². The van der Waals surface area contributed by atoms with Crippen molar-refractivity contribution in [3.8, 4) is 6.07 Å². The minimum absolute atomic E-state index is 0.387. The number of unbranched alkanes of at least 4 members (excludes halogenated alkanes) is 1. The van der Waals surface area contributed by atoms with E-state index in [1.807, 2.05) is 6.92 Å². The summed E-state index contributed by atoms with van der Waals surface area (Å²) in [6, 6.07) is 4.62. The molecule has 4 nitrogen and oxygen atoms in total. The lowest BCUT2D eigenvalue weighted by Gasteiger charge is -2.23. The zero-order valence-corrected chi connectivity index (χ0v) is 14.1. The highest BCUT2D eigenvalue weighted by molar-refractivity contribution is 5.10. The summed E-state index contributed by atoms with van der Waals surface area (Å²) in [7, 11) is 0. The molecule has 0 aliphatic heterocycles. The summed E-state index contributed by atoms with van der Waals surface area (Å²) in [4.78, 5) is 0. The van der Waals surface area contributed by atoms with Gasteiger partial charge in [-0.15, -0.1) is 0 Å². The first kappa shape index (κ1) is 17.7. The minimum atomic E-state index is -0.387. The summed E-state index contributed by atoms with van der Waals surface area (Å²) >= 11 is 0. The van der Waals surface area contributed by atoms with Crippen LogP contribution in [0.5, 0.6) is 0 Å². The molecule has 1 rings (SSSR count). The van der Waals surface area contributed by atoms with Gasteiger partial charge in [0.05, 0.1) is 11.8 Å². The van der Waals surface area contributed by atoms with Crippen molar-refractivity contribution < 1.29 is 0 Å². The van der Waals surface area contributed by atoms with Crippen molar-refractivity contribution in [3.05, 3.63) is 17.5 Å². The van der Waals surface area contributed by atoms with E-state index >= 15 is 0 Å². The molecule has 0 fully saturated rings. The number of hydrogen-bond acceptors (Lipinski definition) is 3. The van der Waals surface area contributed by atoms with E-state index in [2.05, 4.69) is 48.0 Å². The van der Waals surface area contributed by atoms with Gasteiger partial charge in [0.2, 0.25) is 0 Å². The highest BCUT2D eigenvalue weighted by Gasteiger charge is 2.21. The van der Waals surface area contributed by atoms with Gasteiger partial charge in [0.1, 0.15) is 5.54 Å². The van der Waals surface area contributed by atoms with Crippen molar-refractivity contribution in [2.75, 3.05) is 6.54 Å². The second kappa shape index (κ2) is 8.84. The average molecular weight is 290 g/mol. The van der Waals surface area contributed by atoms with Gasteiger partial charge in [-0.2, -0.15) is 10.4 Å². The van der Waals surface area contributed by atoms with Crippen LogP contribution >= 0.6 is 0 Å². The summed E-state index contributed by atoms with van der Waals surface area (Å²) in [5.41, 5.74) is 2.11. The van der Waals surface area contributed by atoms with E-state index in [4.69, 9.17) is 0 Å². The van der Waals surface area contributed by atoms with E-state index in [-0.39, 0.29) is 5.54 Å². The van der Waals surface area contributed by atoms with E-state index in [9.17, 15) is 5.26 Å². The summed E-state index contributed by atoms with van der Waals surface area (Å²) in [5.74, 6) is 0. The Morgan fingerprint density at radius 2 is 2.05 bits per heavy atom. The van der Waals surface area contributed by atoms with Gasteiger partial charge in [-0.25, -0.2) is 0 Å². The van der Waals surface area contributed by atoms with E-state index in [1.54, 1.807) is 0 Å². The van der Waals surface area contributed by atoms with Crippen LogP contribution < -0.4 is 5.32 Å². The third-order valence-corrected chi connectivity index (χ3v) is 3.95. The van der Waals surface area contributed by atoms with Crippen LogP contribution in [-0.4, -0.2) is 21.9 Å².